The minimum absolute atomic E-state index is 0.160. The smallest absolute Gasteiger partial charge is 0.315 e. The molecule has 0 fully saturated rings. The number of carbonyl (C=O) groups excluding carboxylic acids is 2. The normalized spacial score (nSPS) is 12.6. The summed E-state index contributed by atoms with van der Waals surface area (Å²) >= 11 is 0. The van der Waals surface area contributed by atoms with Crippen LogP contribution in [0.4, 0.5) is 10.5 Å². The lowest BCUT2D eigenvalue weighted by molar-refractivity contribution is -0.118. The molecule has 0 atom stereocenters. The van der Waals surface area contributed by atoms with Gasteiger partial charge in [0.05, 0.1) is 0 Å². The molecule has 0 saturated heterocycles. The third kappa shape index (κ3) is 4.42. The number of amides is 3. The van der Waals surface area contributed by atoms with Crippen LogP contribution in [0.5, 0.6) is 0 Å². The molecular weight excluding hydrogens is 326 g/mol. The second-order valence-corrected chi connectivity index (χ2v) is 6.46. The van der Waals surface area contributed by atoms with Crippen LogP contribution in [0.3, 0.4) is 0 Å². The van der Waals surface area contributed by atoms with Crippen molar-refractivity contribution in [2.75, 3.05) is 18.0 Å². The summed E-state index contributed by atoms with van der Waals surface area (Å²) in [5.74, 6) is 0.160. The summed E-state index contributed by atoms with van der Waals surface area (Å²) in [5.41, 5.74) is 4.44. The van der Waals surface area contributed by atoms with Crippen molar-refractivity contribution in [3.63, 3.8) is 0 Å². The van der Waals surface area contributed by atoms with Crippen molar-refractivity contribution in [3.05, 3.63) is 65.2 Å². The van der Waals surface area contributed by atoms with Gasteiger partial charge in [0.25, 0.3) is 0 Å². The lowest BCUT2D eigenvalue weighted by atomic mass is 10.1. The van der Waals surface area contributed by atoms with E-state index >= 15 is 0 Å². The van der Waals surface area contributed by atoms with Gasteiger partial charge in [0.1, 0.15) is 0 Å². The van der Waals surface area contributed by atoms with E-state index < -0.39 is 0 Å². The number of hydrogen-bond acceptors (Lipinski definition) is 2. The Hall–Kier alpha value is -2.82. The van der Waals surface area contributed by atoms with E-state index in [0.717, 1.165) is 30.6 Å². The third-order valence-corrected chi connectivity index (χ3v) is 4.64. The van der Waals surface area contributed by atoms with Crippen molar-refractivity contribution in [2.45, 2.75) is 32.7 Å². The number of benzene rings is 2. The molecule has 26 heavy (non-hydrogen) atoms. The largest absolute Gasteiger partial charge is 0.338 e. The molecule has 1 aliphatic rings. The van der Waals surface area contributed by atoms with Crippen LogP contribution in [-0.4, -0.2) is 25.0 Å². The van der Waals surface area contributed by atoms with Crippen LogP contribution in [0.1, 0.15) is 30.0 Å². The van der Waals surface area contributed by atoms with Gasteiger partial charge in [0.15, 0.2) is 0 Å². The van der Waals surface area contributed by atoms with Gasteiger partial charge in [0, 0.05) is 31.7 Å². The van der Waals surface area contributed by atoms with Gasteiger partial charge >= 0.3 is 6.03 Å². The molecule has 0 bridgehead atoms. The van der Waals surface area contributed by atoms with E-state index in [1.54, 1.807) is 0 Å². The fourth-order valence-electron chi connectivity index (χ4n) is 3.22. The molecule has 2 aromatic carbocycles. The fraction of sp³-hybridized carbons (Fsp3) is 0.333. The summed E-state index contributed by atoms with van der Waals surface area (Å²) in [6.07, 6.45) is 2.21. The molecule has 0 aromatic heterocycles. The molecule has 1 heterocycles. The Kier molecular flexibility index (Phi) is 5.89. The number of anilines is 1. The molecule has 5 nitrogen and oxygen atoms in total. The van der Waals surface area contributed by atoms with Gasteiger partial charge in [-0.25, -0.2) is 4.79 Å². The highest BCUT2D eigenvalue weighted by Crippen LogP contribution is 2.29. The summed E-state index contributed by atoms with van der Waals surface area (Å²) in [6, 6.07) is 16.0. The average molecular weight is 351 g/mol. The van der Waals surface area contributed by atoms with Crippen molar-refractivity contribution in [1.29, 1.82) is 0 Å². The summed E-state index contributed by atoms with van der Waals surface area (Å²) in [5, 5.41) is 5.77. The molecule has 0 spiro atoms. The third-order valence-electron chi connectivity index (χ3n) is 4.64. The summed E-state index contributed by atoms with van der Waals surface area (Å²) < 4.78 is 0. The van der Waals surface area contributed by atoms with Crippen molar-refractivity contribution >= 4 is 17.6 Å². The van der Waals surface area contributed by atoms with Gasteiger partial charge in [-0.2, -0.15) is 0 Å². The quantitative estimate of drug-likeness (QED) is 0.840. The summed E-state index contributed by atoms with van der Waals surface area (Å²) in [7, 11) is 0. The first-order valence-corrected chi connectivity index (χ1v) is 9.15. The minimum atomic E-state index is -0.163. The first-order chi connectivity index (χ1) is 12.7. The Morgan fingerprint density at radius 3 is 2.62 bits per heavy atom. The molecule has 3 rings (SSSR count). The van der Waals surface area contributed by atoms with Crippen molar-refractivity contribution in [1.82, 2.24) is 10.6 Å². The second-order valence-electron chi connectivity index (χ2n) is 6.46. The second kappa shape index (κ2) is 8.52. The Labute approximate surface area is 154 Å². The first-order valence-electron chi connectivity index (χ1n) is 9.15. The van der Waals surface area contributed by atoms with Gasteiger partial charge in [-0.05, 0) is 35.6 Å². The van der Waals surface area contributed by atoms with E-state index in [-0.39, 0.29) is 11.9 Å². The summed E-state index contributed by atoms with van der Waals surface area (Å²) in [6.45, 7) is 3.72. The molecule has 0 aliphatic carbocycles. The highest BCUT2D eigenvalue weighted by Gasteiger charge is 2.23. The highest BCUT2D eigenvalue weighted by atomic mass is 16.2. The van der Waals surface area contributed by atoms with Crippen LogP contribution in [0.2, 0.25) is 0 Å². The minimum Gasteiger partial charge on any atom is -0.338 e. The van der Waals surface area contributed by atoms with Crippen LogP contribution in [0.25, 0.3) is 0 Å². The lowest BCUT2D eigenvalue weighted by Gasteiger charge is -2.16. The molecule has 5 heteroatoms. The topological polar surface area (TPSA) is 61.4 Å². The Bertz CT molecular complexity index is 774. The number of fused-ring (bicyclic) bond motifs is 1. The van der Waals surface area contributed by atoms with Crippen LogP contribution in [0.15, 0.2) is 48.5 Å². The molecule has 136 valence electrons. The van der Waals surface area contributed by atoms with E-state index in [9.17, 15) is 9.59 Å². The zero-order valence-electron chi connectivity index (χ0n) is 15.1. The molecule has 1 aliphatic heterocycles. The van der Waals surface area contributed by atoms with Gasteiger partial charge in [0.2, 0.25) is 5.91 Å². The SMILES string of the molecule is CCC(=O)N1CCc2cc(CNC(=O)NCCc3ccccc3)ccc21. The monoisotopic (exact) mass is 351 g/mol. The van der Waals surface area contributed by atoms with Crippen molar-refractivity contribution in [2.24, 2.45) is 0 Å². The van der Waals surface area contributed by atoms with Crippen molar-refractivity contribution < 1.29 is 9.59 Å². The zero-order chi connectivity index (χ0) is 18.4. The lowest BCUT2D eigenvalue weighted by Crippen LogP contribution is -2.36. The van der Waals surface area contributed by atoms with Crippen LogP contribution in [-0.2, 0) is 24.2 Å². The predicted molar refractivity (Wildman–Crippen MR) is 103 cm³/mol. The molecule has 0 saturated carbocycles. The molecule has 0 unspecified atom stereocenters. The number of nitrogens with zero attached hydrogens (tertiary/aromatic N) is 1. The standard InChI is InChI=1S/C21H25N3O2/c1-2-20(25)24-13-11-18-14-17(8-9-19(18)24)15-23-21(26)22-12-10-16-6-4-3-5-7-16/h3-9,14H,2,10-13,15H2,1H3,(H2,22,23,26). The van der Waals surface area contributed by atoms with Gasteiger partial charge in [-0.3, -0.25) is 4.79 Å². The Morgan fingerprint density at radius 1 is 1.04 bits per heavy atom. The Morgan fingerprint density at radius 2 is 1.85 bits per heavy atom. The van der Waals surface area contributed by atoms with Gasteiger partial charge in [-0.15, -0.1) is 0 Å². The van der Waals surface area contributed by atoms with E-state index in [1.807, 2.05) is 42.2 Å². The average Bonchev–Trinajstić information content (AvgIpc) is 3.10. The zero-order valence-corrected chi connectivity index (χ0v) is 15.1. The molecule has 0 radical (unpaired) electrons. The maximum absolute atomic E-state index is 11.9. The molecule has 2 aromatic rings. The first kappa shape index (κ1) is 18.0. The number of rotatable bonds is 6. The fourth-order valence-corrected chi connectivity index (χ4v) is 3.22. The maximum Gasteiger partial charge on any atom is 0.315 e. The predicted octanol–water partition coefficient (Wildman–Crippen LogP) is 3.03. The van der Waals surface area contributed by atoms with Crippen molar-refractivity contribution in [3.8, 4) is 0 Å². The van der Waals surface area contributed by atoms with Crippen LogP contribution in [0, 0.1) is 0 Å². The molecule has 3 amide bonds. The number of hydrogen-bond donors (Lipinski definition) is 2. The molecular formula is C21H25N3O2. The number of nitrogens with one attached hydrogen (secondary N) is 2. The highest BCUT2D eigenvalue weighted by molar-refractivity contribution is 5.95. The van der Waals surface area contributed by atoms with Crippen LogP contribution >= 0.6 is 0 Å². The maximum atomic E-state index is 11.9. The van der Waals surface area contributed by atoms with Crippen LogP contribution < -0.4 is 15.5 Å². The van der Waals surface area contributed by atoms with E-state index in [0.29, 0.717) is 19.5 Å². The van der Waals surface area contributed by atoms with E-state index in [1.165, 1.54) is 11.1 Å². The van der Waals surface area contributed by atoms with E-state index in [2.05, 4.69) is 28.8 Å². The number of urea groups is 1. The Balaban J connectivity index is 1.46. The number of carbonyl (C=O) groups is 2. The van der Waals surface area contributed by atoms with Gasteiger partial charge < -0.3 is 15.5 Å². The molecule has 2 N–H and O–H groups in total. The summed E-state index contributed by atoms with van der Waals surface area (Å²) in [4.78, 5) is 25.7. The van der Waals surface area contributed by atoms with E-state index in [4.69, 9.17) is 0 Å². The van der Waals surface area contributed by atoms with Gasteiger partial charge in [-0.1, -0.05) is 49.4 Å².